The van der Waals surface area contributed by atoms with Gasteiger partial charge in [-0.15, -0.1) is 0 Å². The second-order valence-electron chi connectivity index (χ2n) is 7.21. The van der Waals surface area contributed by atoms with Gasteiger partial charge in [-0.25, -0.2) is 4.99 Å². The van der Waals surface area contributed by atoms with Crippen LogP contribution in [0.5, 0.6) is 0 Å². The lowest BCUT2D eigenvalue weighted by Crippen LogP contribution is -2.39. The van der Waals surface area contributed by atoms with E-state index in [0.29, 0.717) is 0 Å². The summed E-state index contributed by atoms with van der Waals surface area (Å²) in [6, 6.07) is 10.4. The van der Waals surface area contributed by atoms with Crippen LogP contribution in [0.1, 0.15) is 25.8 Å². The van der Waals surface area contributed by atoms with Crippen LogP contribution in [-0.4, -0.2) is 56.0 Å². The fourth-order valence-corrected chi connectivity index (χ4v) is 3.10. The Kier molecular flexibility index (Phi) is 6.90. The molecule has 1 saturated heterocycles. The highest BCUT2D eigenvalue weighted by Crippen LogP contribution is 2.16. The van der Waals surface area contributed by atoms with Crippen molar-refractivity contribution in [3.8, 4) is 0 Å². The van der Waals surface area contributed by atoms with E-state index in [1.165, 1.54) is 31.6 Å². The van der Waals surface area contributed by atoms with Crippen molar-refractivity contribution in [1.82, 2.24) is 15.1 Å². The highest BCUT2D eigenvalue weighted by atomic mass is 15.3. The summed E-state index contributed by atoms with van der Waals surface area (Å²) in [7, 11) is 4.10. The maximum absolute atomic E-state index is 4.74. The Bertz CT molecular complexity index is 481. The van der Waals surface area contributed by atoms with Crippen molar-refractivity contribution in [3.63, 3.8) is 0 Å². The van der Waals surface area contributed by atoms with Crippen molar-refractivity contribution in [3.05, 3.63) is 35.9 Å². The summed E-state index contributed by atoms with van der Waals surface area (Å²) < 4.78 is 0. The van der Waals surface area contributed by atoms with Gasteiger partial charge in [0.05, 0.1) is 6.54 Å². The molecule has 1 aliphatic heterocycles. The number of guanidine groups is 1. The van der Waals surface area contributed by atoms with Gasteiger partial charge in [0.1, 0.15) is 0 Å². The molecule has 1 aromatic rings. The van der Waals surface area contributed by atoms with E-state index >= 15 is 0 Å². The maximum atomic E-state index is 4.74. The van der Waals surface area contributed by atoms with Crippen molar-refractivity contribution in [2.45, 2.75) is 26.8 Å². The Morgan fingerprint density at radius 3 is 2.70 bits per heavy atom. The second-order valence-corrected chi connectivity index (χ2v) is 7.21. The molecule has 0 amide bonds. The first-order chi connectivity index (χ1) is 11.0. The van der Waals surface area contributed by atoms with E-state index in [0.717, 1.165) is 30.9 Å². The van der Waals surface area contributed by atoms with E-state index in [1.807, 2.05) is 6.07 Å². The Morgan fingerprint density at radius 2 is 2.04 bits per heavy atom. The molecule has 0 aliphatic carbocycles. The third-order valence-corrected chi connectivity index (χ3v) is 4.22. The predicted molar refractivity (Wildman–Crippen MR) is 98.7 cm³/mol. The molecule has 1 heterocycles. The normalized spacial score (nSPS) is 19.3. The molecular formula is C19H32N4. The average Bonchev–Trinajstić information content (AvgIpc) is 2.94. The summed E-state index contributed by atoms with van der Waals surface area (Å²) in [6.45, 7) is 10.0. The first-order valence-electron chi connectivity index (χ1n) is 8.76. The minimum Gasteiger partial charge on any atom is -0.356 e. The number of benzene rings is 1. The topological polar surface area (TPSA) is 30.9 Å². The van der Waals surface area contributed by atoms with E-state index < -0.39 is 0 Å². The maximum Gasteiger partial charge on any atom is 0.193 e. The van der Waals surface area contributed by atoms with Gasteiger partial charge in [-0.2, -0.15) is 0 Å². The fourth-order valence-electron chi connectivity index (χ4n) is 3.10. The SMILES string of the molecule is CC(C)CN1CCC(CNC(=NCc2ccccc2)N(C)C)C1. The first-order valence-corrected chi connectivity index (χ1v) is 8.76. The van der Waals surface area contributed by atoms with Gasteiger partial charge in [0.25, 0.3) is 0 Å². The number of aliphatic imine (C=N–C) groups is 1. The number of nitrogens with one attached hydrogen (secondary N) is 1. The van der Waals surface area contributed by atoms with Crippen LogP contribution in [0.4, 0.5) is 0 Å². The monoisotopic (exact) mass is 316 g/mol. The summed E-state index contributed by atoms with van der Waals surface area (Å²) in [5.41, 5.74) is 1.25. The zero-order valence-electron chi connectivity index (χ0n) is 15.1. The molecule has 0 bridgehead atoms. The Hall–Kier alpha value is -1.55. The highest BCUT2D eigenvalue weighted by molar-refractivity contribution is 5.79. The molecule has 0 spiro atoms. The number of rotatable bonds is 6. The summed E-state index contributed by atoms with van der Waals surface area (Å²) in [5.74, 6) is 2.47. The van der Waals surface area contributed by atoms with Crippen LogP contribution in [0.15, 0.2) is 35.3 Å². The summed E-state index contributed by atoms with van der Waals surface area (Å²) in [6.07, 6.45) is 1.29. The lowest BCUT2D eigenvalue weighted by Gasteiger charge is -2.21. The molecule has 1 aliphatic rings. The zero-order valence-corrected chi connectivity index (χ0v) is 15.1. The Morgan fingerprint density at radius 1 is 1.30 bits per heavy atom. The zero-order chi connectivity index (χ0) is 16.7. The molecule has 2 rings (SSSR count). The van der Waals surface area contributed by atoms with Crippen LogP contribution in [-0.2, 0) is 6.54 Å². The van der Waals surface area contributed by atoms with Crippen molar-refractivity contribution in [2.75, 3.05) is 40.3 Å². The van der Waals surface area contributed by atoms with Crippen molar-refractivity contribution in [1.29, 1.82) is 0 Å². The van der Waals surface area contributed by atoms with Crippen molar-refractivity contribution in [2.24, 2.45) is 16.8 Å². The fraction of sp³-hybridized carbons (Fsp3) is 0.632. The molecule has 0 saturated carbocycles. The van der Waals surface area contributed by atoms with Gasteiger partial charge in [-0.3, -0.25) is 0 Å². The molecular weight excluding hydrogens is 284 g/mol. The summed E-state index contributed by atoms with van der Waals surface area (Å²) in [5, 5.41) is 3.55. The van der Waals surface area contributed by atoms with Crippen LogP contribution < -0.4 is 5.32 Å². The smallest absolute Gasteiger partial charge is 0.193 e. The molecule has 0 aromatic heterocycles. The summed E-state index contributed by atoms with van der Waals surface area (Å²) >= 11 is 0. The van der Waals surface area contributed by atoms with Gasteiger partial charge in [0, 0.05) is 33.7 Å². The predicted octanol–water partition coefficient (Wildman–Crippen LogP) is 2.67. The van der Waals surface area contributed by atoms with E-state index in [4.69, 9.17) is 4.99 Å². The Balaban J connectivity index is 1.81. The third kappa shape index (κ3) is 6.22. The van der Waals surface area contributed by atoms with Crippen LogP contribution in [0, 0.1) is 11.8 Å². The Labute approximate surface area is 141 Å². The minimum atomic E-state index is 0.728. The number of hydrogen-bond donors (Lipinski definition) is 1. The lowest BCUT2D eigenvalue weighted by molar-refractivity contribution is 0.287. The van der Waals surface area contributed by atoms with Crippen molar-refractivity contribution >= 4 is 5.96 Å². The first kappa shape index (κ1) is 17.8. The second kappa shape index (κ2) is 8.92. The average molecular weight is 316 g/mol. The molecule has 0 radical (unpaired) electrons. The van der Waals surface area contributed by atoms with Crippen LogP contribution in [0.25, 0.3) is 0 Å². The van der Waals surface area contributed by atoms with Gasteiger partial charge in [0.2, 0.25) is 0 Å². The number of likely N-dealkylation sites (tertiary alicyclic amines) is 1. The molecule has 1 atom stereocenters. The van der Waals surface area contributed by atoms with Gasteiger partial charge in [-0.1, -0.05) is 44.2 Å². The van der Waals surface area contributed by atoms with Gasteiger partial charge < -0.3 is 15.1 Å². The number of nitrogens with zero attached hydrogens (tertiary/aromatic N) is 3. The molecule has 4 nitrogen and oxygen atoms in total. The van der Waals surface area contributed by atoms with E-state index in [2.05, 4.69) is 67.3 Å². The molecule has 4 heteroatoms. The van der Waals surface area contributed by atoms with Gasteiger partial charge in [0.15, 0.2) is 5.96 Å². The molecule has 128 valence electrons. The molecule has 23 heavy (non-hydrogen) atoms. The van der Waals surface area contributed by atoms with Crippen molar-refractivity contribution < 1.29 is 0 Å². The standard InChI is InChI=1S/C19H32N4/c1-16(2)14-23-11-10-18(15-23)13-21-19(22(3)4)20-12-17-8-6-5-7-9-17/h5-9,16,18H,10-15H2,1-4H3,(H,20,21). The lowest BCUT2D eigenvalue weighted by atomic mass is 10.1. The van der Waals surface area contributed by atoms with Crippen LogP contribution in [0.3, 0.4) is 0 Å². The van der Waals surface area contributed by atoms with Crippen LogP contribution >= 0.6 is 0 Å². The summed E-state index contributed by atoms with van der Waals surface area (Å²) in [4.78, 5) is 9.40. The largest absolute Gasteiger partial charge is 0.356 e. The molecule has 1 unspecified atom stereocenters. The quantitative estimate of drug-likeness (QED) is 0.646. The van der Waals surface area contributed by atoms with Gasteiger partial charge >= 0.3 is 0 Å². The molecule has 1 N–H and O–H groups in total. The molecule has 1 aromatic carbocycles. The van der Waals surface area contributed by atoms with E-state index in [-0.39, 0.29) is 0 Å². The molecule has 1 fully saturated rings. The third-order valence-electron chi connectivity index (χ3n) is 4.22. The van der Waals surface area contributed by atoms with Crippen LogP contribution in [0.2, 0.25) is 0 Å². The van der Waals surface area contributed by atoms with E-state index in [1.54, 1.807) is 0 Å². The van der Waals surface area contributed by atoms with E-state index in [9.17, 15) is 0 Å². The number of hydrogen-bond acceptors (Lipinski definition) is 2. The highest BCUT2D eigenvalue weighted by Gasteiger charge is 2.22. The minimum absolute atomic E-state index is 0.728. The van der Waals surface area contributed by atoms with Gasteiger partial charge in [-0.05, 0) is 30.4 Å².